The molecule has 2 aliphatic heterocycles. The summed E-state index contributed by atoms with van der Waals surface area (Å²) in [5.41, 5.74) is 1.64. The van der Waals surface area contributed by atoms with E-state index in [4.69, 9.17) is 4.74 Å². The van der Waals surface area contributed by atoms with E-state index in [0.717, 1.165) is 18.5 Å². The van der Waals surface area contributed by atoms with Crippen molar-refractivity contribution in [1.82, 2.24) is 9.47 Å². The fourth-order valence-corrected chi connectivity index (χ4v) is 4.26. The molecule has 142 valence electrons. The Morgan fingerprint density at radius 2 is 1.78 bits per heavy atom. The van der Waals surface area contributed by atoms with Crippen LogP contribution in [0.25, 0.3) is 5.69 Å². The Hall–Kier alpha value is -2.60. The van der Waals surface area contributed by atoms with Gasteiger partial charge < -0.3 is 19.3 Å². The number of nitrogens with zero attached hydrogens (tertiary/aromatic N) is 2. The quantitative estimate of drug-likeness (QED) is 0.901. The van der Waals surface area contributed by atoms with Crippen molar-refractivity contribution in [1.29, 1.82) is 0 Å². The molecule has 0 spiro atoms. The number of carbonyl (C=O) groups is 2. The van der Waals surface area contributed by atoms with Crippen LogP contribution in [0.2, 0.25) is 0 Å². The van der Waals surface area contributed by atoms with E-state index < -0.39 is 11.9 Å². The molecule has 4 rings (SSSR count). The summed E-state index contributed by atoms with van der Waals surface area (Å²) in [6.07, 6.45) is 5.86. The number of benzene rings is 1. The fraction of sp³-hybridized carbons (Fsp3) is 0.429. The van der Waals surface area contributed by atoms with Crippen LogP contribution in [-0.4, -0.2) is 52.3 Å². The summed E-state index contributed by atoms with van der Waals surface area (Å²) in [7, 11) is 0. The molecule has 2 saturated heterocycles. The number of carboxylic acids is 1. The first-order valence-electron chi connectivity index (χ1n) is 9.50. The first-order chi connectivity index (χ1) is 13.1. The number of aliphatic carboxylic acids is 1. The van der Waals surface area contributed by atoms with Crippen LogP contribution >= 0.6 is 0 Å². The van der Waals surface area contributed by atoms with Crippen LogP contribution < -0.4 is 0 Å². The van der Waals surface area contributed by atoms with Crippen LogP contribution in [0.1, 0.15) is 29.6 Å². The summed E-state index contributed by atoms with van der Waals surface area (Å²) in [4.78, 5) is 26.2. The lowest BCUT2D eigenvalue weighted by molar-refractivity contribution is -0.145. The summed E-state index contributed by atoms with van der Waals surface area (Å²) in [5, 5.41) is 9.36. The zero-order chi connectivity index (χ0) is 18.8. The van der Waals surface area contributed by atoms with Crippen LogP contribution in [0.15, 0.2) is 48.8 Å². The molecule has 0 aliphatic carbocycles. The first-order valence-corrected chi connectivity index (χ1v) is 9.50. The van der Waals surface area contributed by atoms with Gasteiger partial charge in [-0.1, -0.05) is 6.07 Å². The number of ether oxygens (including phenoxy) is 1. The molecule has 1 aromatic carbocycles. The van der Waals surface area contributed by atoms with E-state index in [1.165, 1.54) is 0 Å². The molecule has 0 radical (unpaired) electrons. The number of hydrogen-bond acceptors (Lipinski definition) is 3. The van der Waals surface area contributed by atoms with Crippen molar-refractivity contribution in [2.45, 2.75) is 25.4 Å². The van der Waals surface area contributed by atoms with Gasteiger partial charge in [0.25, 0.3) is 5.91 Å². The minimum absolute atomic E-state index is 0.0320. The zero-order valence-corrected chi connectivity index (χ0v) is 15.2. The van der Waals surface area contributed by atoms with E-state index in [-0.39, 0.29) is 17.9 Å². The summed E-state index contributed by atoms with van der Waals surface area (Å²) < 4.78 is 7.70. The molecule has 6 nitrogen and oxygen atoms in total. The number of hydrogen-bond donors (Lipinski definition) is 1. The molecular formula is C21H24N2O4. The van der Waals surface area contributed by atoms with Crippen LogP contribution in [0.4, 0.5) is 0 Å². The predicted molar refractivity (Wildman–Crippen MR) is 99.9 cm³/mol. The highest BCUT2D eigenvalue weighted by Crippen LogP contribution is 2.33. The van der Waals surface area contributed by atoms with E-state index in [1.807, 2.05) is 58.3 Å². The SMILES string of the molecule is O=C(O)C1CCO[C@H]1C1CCN(C(=O)c2cccc(-n3cccc3)c2)CC1. The molecule has 27 heavy (non-hydrogen) atoms. The maximum Gasteiger partial charge on any atom is 0.309 e. The topological polar surface area (TPSA) is 71.8 Å². The number of carbonyl (C=O) groups excluding carboxylic acids is 1. The first kappa shape index (κ1) is 17.8. The fourth-order valence-electron chi connectivity index (χ4n) is 4.26. The zero-order valence-electron chi connectivity index (χ0n) is 15.2. The number of rotatable bonds is 4. The van der Waals surface area contributed by atoms with Gasteiger partial charge in [-0.3, -0.25) is 9.59 Å². The molecule has 2 fully saturated rings. The third kappa shape index (κ3) is 3.62. The minimum atomic E-state index is -0.766. The van der Waals surface area contributed by atoms with Crippen molar-refractivity contribution < 1.29 is 19.4 Å². The molecule has 1 N–H and O–H groups in total. The molecule has 2 aromatic rings. The van der Waals surface area contributed by atoms with Gasteiger partial charge in [-0.15, -0.1) is 0 Å². The third-order valence-electron chi connectivity index (χ3n) is 5.74. The number of likely N-dealkylation sites (tertiary alicyclic amines) is 1. The molecule has 6 heteroatoms. The Labute approximate surface area is 158 Å². The van der Waals surface area contributed by atoms with Crippen molar-refractivity contribution >= 4 is 11.9 Å². The molecule has 1 amide bonds. The average Bonchev–Trinajstić information content (AvgIpc) is 3.39. The Bertz CT molecular complexity index is 809. The normalized spacial score (nSPS) is 23.5. The summed E-state index contributed by atoms with van der Waals surface area (Å²) in [6.45, 7) is 1.81. The van der Waals surface area contributed by atoms with Crippen LogP contribution in [-0.2, 0) is 9.53 Å². The molecule has 3 heterocycles. The van der Waals surface area contributed by atoms with Gasteiger partial charge >= 0.3 is 5.97 Å². The summed E-state index contributed by atoms with van der Waals surface area (Å²) in [6, 6.07) is 11.5. The standard InChI is InChI=1S/C21H24N2O4/c24-20(16-4-3-5-17(14-16)22-9-1-2-10-22)23-11-6-15(7-12-23)19-18(21(25)26)8-13-27-19/h1-5,9-10,14-15,18-19H,6-8,11-13H2,(H,25,26)/t18?,19-/m0/s1. The van der Waals surface area contributed by atoms with E-state index >= 15 is 0 Å². The number of carboxylic acid groups (broad SMARTS) is 1. The molecule has 1 aromatic heterocycles. The number of piperidine rings is 1. The van der Waals surface area contributed by atoms with E-state index in [9.17, 15) is 14.7 Å². The summed E-state index contributed by atoms with van der Waals surface area (Å²) in [5.74, 6) is -0.929. The van der Waals surface area contributed by atoms with E-state index in [0.29, 0.717) is 31.7 Å². The van der Waals surface area contributed by atoms with Crippen molar-refractivity contribution in [3.05, 3.63) is 54.4 Å². The van der Waals surface area contributed by atoms with Gasteiger partial charge in [0, 0.05) is 43.3 Å². The van der Waals surface area contributed by atoms with Gasteiger partial charge in [-0.2, -0.15) is 0 Å². The maximum atomic E-state index is 12.9. The average molecular weight is 368 g/mol. The highest BCUT2D eigenvalue weighted by molar-refractivity contribution is 5.94. The van der Waals surface area contributed by atoms with Gasteiger partial charge in [0.15, 0.2) is 0 Å². The van der Waals surface area contributed by atoms with Gasteiger partial charge in [-0.05, 0) is 55.5 Å². The molecule has 2 aliphatic rings. The van der Waals surface area contributed by atoms with Crippen molar-refractivity contribution in [2.24, 2.45) is 11.8 Å². The molecular weight excluding hydrogens is 344 g/mol. The van der Waals surface area contributed by atoms with Gasteiger partial charge in [0.2, 0.25) is 0 Å². The van der Waals surface area contributed by atoms with Crippen molar-refractivity contribution in [2.75, 3.05) is 19.7 Å². The highest BCUT2D eigenvalue weighted by atomic mass is 16.5. The second kappa shape index (κ2) is 7.56. The van der Waals surface area contributed by atoms with Crippen molar-refractivity contribution in [3.8, 4) is 5.69 Å². The Morgan fingerprint density at radius 1 is 1.04 bits per heavy atom. The lowest BCUT2D eigenvalue weighted by Crippen LogP contribution is -2.43. The third-order valence-corrected chi connectivity index (χ3v) is 5.74. The van der Waals surface area contributed by atoms with Crippen LogP contribution in [0.5, 0.6) is 0 Å². The Balaban J connectivity index is 1.40. The number of aromatic nitrogens is 1. The largest absolute Gasteiger partial charge is 0.481 e. The molecule has 1 unspecified atom stereocenters. The van der Waals surface area contributed by atoms with Crippen molar-refractivity contribution in [3.63, 3.8) is 0 Å². The van der Waals surface area contributed by atoms with E-state index in [1.54, 1.807) is 0 Å². The molecule has 0 bridgehead atoms. The summed E-state index contributed by atoms with van der Waals surface area (Å²) >= 11 is 0. The monoisotopic (exact) mass is 368 g/mol. The molecule has 2 atom stereocenters. The Morgan fingerprint density at radius 3 is 2.48 bits per heavy atom. The second-order valence-electron chi connectivity index (χ2n) is 7.34. The highest BCUT2D eigenvalue weighted by Gasteiger charge is 2.40. The van der Waals surface area contributed by atoms with Gasteiger partial charge in [0.1, 0.15) is 0 Å². The maximum absolute atomic E-state index is 12.9. The molecule has 0 saturated carbocycles. The van der Waals surface area contributed by atoms with Gasteiger partial charge in [-0.25, -0.2) is 0 Å². The lowest BCUT2D eigenvalue weighted by atomic mass is 9.84. The second-order valence-corrected chi connectivity index (χ2v) is 7.34. The van der Waals surface area contributed by atoms with E-state index in [2.05, 4.69) is 0 Å². The van der Waals surface area contributed by atoms with Gasteiger partial charge in [0.05, 0.1) is 12.0 Å². The predicted octanol–water partition coefficient (Wildman–Crippen LogP) is 2.82. The lowest BCUT2D eigenvalue weighted by Gasteiger charge is -2.35. The van der Waals surface area contributed by atoms with Crippen LogP contribution in [0.3, 0.4) is 0 Å². The Kier molecular flexibility index (Phi) is 4.99. The minimum Gasteiger partial charge on any atom is -0.481 e. The smallest absolute Gasteiger partial charge is 0.309 e. The number of amides is 1. The van der Waals surface area contributed by atoms with Crippen LogP contribution in [0, 0.1) is 11.8 Å².